The first kappa shape index (κ1) is 25.7. The van der Waals surface area contributed by atoms with Crippen molar-refractivity contribution in [3.63, 3.8) is 0 Å². The van der Waals surface area contributed by atoms with E-state index in [9.17, 15) is 9.59 Å². The molecule has 0 saturated carbocycles. The lowest BCUT2D eigenvalue weighted by Gasteiger charge is -2.19. The smallest absolute Gasteiger partial charge is 0.245 e. The van der Waals surface area contributed by atoms with Crippen molar-refractivity contribution in [2.24, 2.45) is 4.99 Å². The number of hydrogen-bond acceptors (Lipinski definition) is 6. The molecule has 1 aromatic carbocycles. The Morgan fingerprint density at radius 2 is 1.51 bits per heavy atom. The van der Waals surface area contributed by atoms with Gasteiger partial charge < -0.3 is 25.9 Å². The predicted molar refractivity (Wildman–Crippen MR) is 134 cm³/mol. The van der Waals surface area contributed by atoms with E-state index in [0.717, 1.165) is 24.2 Å². The normalized spacial score (nSPS) is 13.1. The predicted octanol–water partition coefficient (Wildman–Crippen LogP) is 1.72. The molecule has 2 aromatic heterocycles. The summed E-state index contributed by atoms with van der Waals surface area (Å²) in [6, 6.07) is 8.10. The zero-order chi connectivity index (χ0) is 24.9. The highest BCUT2D eigenvalue weighted by molar-refractivity contribution is 5.85. The lowest BCUT2D eigenvalue weighted by molar-refractivity contribution is -0.122. The maximum absolute atomic E-state index is 13.0. The summed E-state index contributed by atoms with van der Waals surface area (Å²) in [4.78, 5) is 45.0. The van der Waals surface area contributed by atoms with Gasteiger partial charge in [-0.25, -0.2) is 9.97 Å². The molecule has 0 aliphatic carbocycles. The van der Waals surface area contributed by atoms with Crippen LogP contribution in [-0.4, -0.2) is 56.9 Å². The van der Waals surface area contributed by atoms with Crippen LogP contribution in [0, 0.1) is 0 Å². The minimum absolute atomic E-state index is 0.117. The number of amides is 2. The zero-order valence-corrected chi connectivity index (χ0v) is 20.3. The summed E-state index contributed by atoms with van der Waals surface area (Å²) in [6.07, 6.45) is 9.04. The molecule has 0 spiro atoms. The standard InChI is InChI=1S/C25H34N8O2/c1-3-10-28-24(34)22(12-18-14-26-16-30-18)32-20-8-6-5-7-9-21(20)33-23(25(35)29-11-4-2)13-19-15-27-17-31-19/h5-9,14-17,22-23H,3-4,10-13H2,1-2H3,(H,26,30)(H,27,31)(H,28,34)(H,29,35)(H,32,33)/t22-,23-/m0/s1. The Morgan fingerprint density at radius 1 is 0.886 bits per heavy atom. The molecule has 186 valence electrons. The summed E-state index contributed by atoms with van der Waals surface area (Å²) >= 11 is 0. The molecule has 10 nitrogen and oxygen atoms in total. The van der Waals surface area contributed by atoms with Crippen LogP contribution in [0.15, 0.2) is 60.4 Å². The van der Waals surface area contributed by atoms with Crippen LogP contribution in [0.4, 0.5) is 5.69 Å². The molecular formula is C25H34N8O2. The third-order valence-corrected chi connectivity index (χ3v) is 5.30. The van der Waals surface area contributed by atoms with Crippen molar-refractivity contribution in [2.75, 3.05) is 18.4 Å². The monoisotopic (exact) mass is 478 g/mol. The van der Waals surface area contributed by atoms with Crippen LogP contribution >= 0.6 is 0 Å². The van der Waals surface area contributed by atoms with Crippen LogP contribution in [0.25, 0.3) is 0 Å². The molecule has 10 heteroatoms. The number of carbonyl (C=O) groups excluding carboxylic acids is 2. The maximum Gasteiger partial charge on any atom is 0.245 e. The highest BCUT2D eigenvalue weighted by Crippen LogP contribution is 2.09. The van der Waals surface area contributed by atoms with Crippen molar-refractivity contribution < 1.29 is 9.59 Å². The molecule has 0 fully saturated rings. The number of H-pyrrole nitrogens is 2. The van der Waals surface area contributed by atoms with Crippen molar-refractivity contribution in [1.82, 2.24) is 30.6 Å². The lowest BCUT2D eigenvalue weighted by atomic mass is 10.1. The second-order valence-electron chi connectivity index (χ2n) is 8.20. The molecule has 0 saturated heterocycles. The van der Waals surface area contributed by atoms with E-state index in [-0.39, 0.29) is 11.8 Å². The lowest BCUT2D eigenvalue weighted by Crippen LogP contribution is -2.42. The SMILES string of the molecule is CCCNC(=O)[C@H](Cc1cnc[nH]1)N=c1cccccc1N[C@@H](Cc1cnc[nH]1)C(=O)NCCC. The quantitative estimate of drug-likeness (QED) is 0.254. The molecule has 0 unspecified atom stereocenters. The Balaban J connectivity index is 1.95. The molecule has 0 radical (unpaired) electrons. The van der Waals surface area contributed by atoms with Crippen molar-refractivity contribution in [3.8, 4) is 0 Å². The zero-order valence-electron chi connectivity index (χ0n) is 20.3. The van der Waals surface area contributed by atoms with Gasteiger partial charge in [-0.05, 0) is 25.0 Å². The number of anilines is 1. The number of imidazole rings is 2. The van der Waals surface area contributed by atoms with Gasteiger partial charge in [-0.3, -0.25) is 14.6 Å². The topological polar surface area (TPSA) is 140 Å². The Labute approximate surface area is 205 Å². The van der Waals surface area contributed by atoms with Gasteiger partial charge in [0, 0.05) is 49.7 Å². The number of nitrogens with zero attached hydrogens (tertiary/aromatic N) is 3. The van der Waals surface area contributed by atoms with Crippen molar-refractivity contribution in [1.29, 1.82) is 0 Å². The summed E-state index contributed by atoms with van der Waals surface area (Å²) in [7, 11) is 0. The first-order valence-corrected chi connectivity index (χ1v) is 12.0. The van der Waals surface area contributed by atoms with E-state index >= 15 is 0 Å². The Morgan fingerprint density at radius 3 is 2.14 bits per heavy atom. The molecule has 2 heterocycles. The molecule has 0 aliphatic heterocycles. The van der Waals surface area contributed by atoms with Crippen LogP contribution in [0.5, 0.6) is 0 Å². The Kier molecular flexibility index (Phi) is 10.0. The molecule has 3 aromatic rings. The average molecular weight is 479 g/mol. The highest BCUT2D eigenvalue weighted by Gasteiger charge is 2.21. The first-order chi connectivity index (χ1) is 17.1. The second kappa shape index (κ2) is 13.7. The van der Waals surface area contributed by atoms with Gasteiger partial charge >= 0.3 is 0 Å². The van der Waals surface area contributed by atoms with E-state index in [1.165, 1.54) is 0 Å². The van der Waals surface area contributed by atoms with Gasteiger partial charge in [0.2, 0.25) is 11.8 Å². The van der Waals surface area contributed by atoms with E-state index in [1.807, 2.05) is 44.2 Å². The summed E-state index contributed by atoms with van der Waals surface area (Å²) in [5.74, 6) is -0.276. The van der Waals surface area contributed by atoms with Gasteiger partial charge in [0.05, 0.1) is 23.7 Å². The first-order valence-electron chi connectivity index (χ1n) is 12.0. The number of hydrogen-bond donors (Lipinski definition) is 5. The summed E-state index contributed by atoms with van der Waals surface area (Å²) < 4.78 is 0. The van der Waals surface area contributed by atoms with Crippen LogP contribution in [0.2, 0.25) is 0 Å². The van der Waals surface area contributed by atoms with Crippen LogP contribution in [0.3, 0.4) is 0 Å². The Hall–Kier alpha value is -3.95. The van der Waals surface area contributed by atoms with Crippen molar-refractivity contribution in [3.05, 3.63) is 72.1 Å². The summed E-state index contributed by atoms with van der Waals surface area (Å²) in [5, 5.41) is 9.85. The second-order valence-corrected chi connectivity index (χ2v) is 8.20. The Bertz CT molecular complexity index is 1110. The summed E-state index contributed by atoms with van der Waals surface area (Å²) in [5.41, 5.74) is 2.31. The number of aromatic nitrogens is 4. The van der Waals surface area contributed by atoms with Crippen molar-refractivity contribution in [2.45, 2.75) is 51.6 Å². The molecule has 3 rings (SSSR count). The number of rotatable bonds is 13. The fourth-order valence-corrected chi connectivity index (χ4v) is 3.49. The maximum atomic E-state index is 13.0. The minimum atomic E-state index is -0.662. The van der Waals surface area contributed by atoms with Crippen molar-refractivity contribution >= 4 is 17.5 Å². The van der Waals surface area contributed by atoms with Crippen LogP contribution < -0.4 is 21.3 Å². The average Bonchev–Trinajstić information content (AvgIpc) is 3.53. The van der Waals surface area contributed by atoms with Gasteiger partial charge in [0.1, 0.15) is 12.1 Å². The van der Waals surface area contributed by atoms with Crippen LogP contribution in [-0.2, 0) is 22.4 Å². The third kappa shape index (κ3) is 8.09. The number of carbonyl (C=O) groups is 2. The minimum Gasteiger partial charge on any atom is -0.372 e. The largest absolute Gasteiger partial charge is 0.372 e. The van der Waals surface area contributed by atoms with Gasteiger partial charge in [-0.1, -0.05) is 32.0 Å². The van der Waals surface area contributed by atoms with E-state index in [2.05, 4.69) is 35.9 Å². The van der Waals surface area contributed by atoms with E-state index in [4.69, 9.17) is 4.99 Å². The molecule has 0 bridgehead atoms. The third-order valence-electron chi connectivity index (χ3n) is 5.30. The molecular weight excluding hydrogens is 444 g/mol. The molecule has 35 heavy (non-hydrogen) atoms. The molecule has 2 amide bonds. The molecule has 5 N–H and O–H groups in total. The van der Waals surface area contributed by atoms with Gasteiger partial charge in [-0.15, -0.1) is 0 Å². The fourth-order valence-electron chi connectivity index (χ4n) is 3.49. The van der Waals surface area contributed by atoms with Gasteiger partial charge in [-0.2, -0.15) is 0 Å². The van der Waals surface area contributed by atoms with Crippen LogP contribution in [0.1, 0.15) is 38.1 Å². The highest BCUT2D eigenvalue weighted by atomic mass is 16.2. The summed E-state index contributed by atoms with van der Waals surface area (Å²) in [6.45, 7) is 5.17. The number of aromatic amines is 2. The molecule has 0 aliphatic rings. The number of nitrogens with one attached hydrogen (secondary N) is 5. The van der Waals surface area contributed by atoms with E-state index < -0.39 is 12.1 Å². The fraction of sp³-hybridized carbons (Fsp3) is 0.400. The van der Waals surface area contributed by atoms with E-state index in [0.29, 0.717) is 37.0 Å². The van der Waals surface area contributed by atoms with E-state index in [1.54, 1.807) is 25.0 Å². The van der Waals surface area contributed by atoms with Gasteiger partial charge in [0.25, 0.3) is 0 Å². The molecule has 2 atom stereocenters. The van der Waals surface area contributed by atoms with Gasteiger partial charge in [0.15, 0.2) is 0 Å².